The molecule has 1 heterocycles. The normalized spacial score (nSPS) is 11.2. The summed E-state index contributed by atoms with van der Waals surface area (Å²) >= 11 is 0. The third kappa shape index (κ3) is 4.93. The molecule has 11 heteroatoms. The highest BCUT2D eigenvalue weighted by Gasteiger charge is 2.19. The summed E-state index contributed by atoms with van der Waals surface area (Å²) in [5.41, 5.74) is 1.62. The molecule has 5 N–H and O–H groups in total. The predicted octanol–water partition coefficient (Wildman–Crippen LogP) is 2.87. The van der Waals surface area contributed by atoms with Gasteiger partial charge in [-0.25, -0.2) is 13.2 Å². The molecule has 0 saturated carbocycles. The molecular weight excluding hydrogens is 446 g/mol. The van der Waals surface area contributed by atoms with Crippen molar-refractivity contribution in [2.24, 2.45) is 0 Å². The maximum absolute atomic E-state index is 12.9. The molecule has 0 aliphatic rings. The van der Waals surface area contributed by atoms with Gasteiger partial charge in [-0.1, -0.05) is 12.1 Å². The van der Waals surface area contributed by atoms with Crippen LogP contribution in [0.25, 0.3) is 11.0 Å². The molecular formula is C22H19N5O5S. The van der Waals surface area contributed by atoms with E-state index in [2.05, 4.69) is 25.3 Å². The average Bonchev–Trinajstić information content (AvgIpc) is 3.14. The summed E-state index contributed by atoms with van der Waals surface area (Å²) in [5.74, 6) is -0.735. The van der Waals surface area contributed by atoms with E-state index in [1.54, 1.807) is 36.4 Å². The second-order valence-electron chi connectivity index (χ2n) is 7.15. The molecule has 10 nitrogen and oxygen atoms in total. The van der Waals surface area contributed by atoms with Gasteiger partial charge in [0.25, 0.3) is 15.9 Å². The van der Waals surface area contributed by atoms with E-state index in [1.165, 1.54) is 37.3 Å². The Morgan fingerprint density at radius 3 is 2.15 bits per heavy atom. The first kappa shape index (κ1) is 21.8. The number of hydrogen-bond donors (Lipinski definition) is 5. The zero-order valence-electron chi connectivity index (χ0n) is 17.3. The molecule has 1 aromatic heterocycles. The van der Waals surface area contributed by atoms with E-state index in [-0.39, 0.29) is 22.1 Å². The highest BCUT2D eigenvalue weighted by molar-refractivity contribution is 7.92. The lowest BCUT2D eigenvalue weighted by molar-refractivity contribution is -0.114. The molecule has 4 aromatic rings. The van der Waals surface area contributed by atoms with Crippen LogP contribution in [0.5, 0.6) is 0 Å². The number of aromatic nitrogens is 2. The Kier molecular flexibility index (Phi) is 5.71. The Bertz CT molecular complexity index is 1520. The van der Waals surface area contributed by atoms with Crippen molar-refractivity contribution in [3.63, 3.8) is 0 Å². The van der Waals surface area contributed by atoms with Crippen molar-refractivity contribution in [2.75, 3.05) is 15.4 Å². The van der Waals surface area contributed by atoms with E-state index in [9.17, 15) is 22.8 Å². The average molecular weight is 465 g/mol. The molecule has 0 atom stereocenters. The summed E-state index contributed by atoms with van der Waals surface area (Å²) in [5, 5.41) is 5.33. The fraction of sp³-hybridized carbons (Fsp3) is 0.0455. The SMILES string of the molecule is CC(=O)Nc1ccc(NC(=O)c2ccccc2NS(=O)(=O)c2ccc3[nH]c(=O)[nH]c3c2)cc1. The molecule has 0 radical (unpaired) electrons. The van der Waals surface area contributed by atoms with Gasteiger partial charge in [-0.05, 0) is 54.6 Å². The molecule has 4 rings (SSSR count). The van der Waals surface area contributed by atoms with Crippen LogP contribution in [0.15, 0.2) is 76.4 Å². The summed E-state index contributed by atoms with van der Waals surface area (Å²) in [7, 11) is -4.05. The van der Waals surface area contributed by atoms with Gasteiger partial charge < -0.3 is 20.6 Å². The van der Waals surface area contributed by atoms with E-state index in [1.807, 2.05) is 0 Å². The third-order valence-corrected chi connectivity index (χ3v) is 6.04. The van der Waals surface area contributed by atoms with Crippen LogP contribution in [0.1, 0.15) is 17.3 Å². The molecule has 0 fully saturated rings. The summed E-state index contributed by atoms with van der Waals surface area (Å²) in [6.07, 6.45) is 0. The van der Waals surface area contributed by atoms with Crippen LogP contribution in [0.2, 0.25) is 0 Å². The maximum Gasteiger partial charge on any atom is 0.323 e. The number of amides is 2. The molecule has 0 aliphatic carbocycles. The van der Waals surface area contributed by atoms with Gasteiger partial charge in [0.2, 0.25) is 5.91 Å². The fourth-order valence-corrected chi connectivity index (χ4v) is 4.30. The second-order valence-corrected chi connectivity index (χ2v) is 8.83. The molecule has 0 bridgehead atoms. The summed E-state index contributed by atoms with van der Waals surface area (Å²) in [6, 6.07) is 16.8. The van der Waals surface area contributed by atoms with Gasteiger partial charge in [0.1, 0.15) is 0 Å². The lowest BCUT2D eigenvalue weighted by Crippen LogP contribution is -2.18. The first-order valence-electron chi connectivity index (χ1n) is 9.74. The first-order chi connectivity index (χ1) is 15.7. The van der Waals surface area contributed by atoms with E-state index < -0.39 is 21.6 Å². The van der Waals surface area contributed by atoms with Gasteiger partial charge in [0.05, 0.1) is 27.2 Å². The third-order valence-electron chi connectivity index (χ3n) is 4.68. The Morgan fingerprint density at radius 1 is 0.818 bits per heavy atom. The van der Waals surface area contributed by atoms with Gasteiger partial charge in [0, 0.05) is 18.3 Å². The van der Waals surface area contributed by atoms with Crippen LogP contribution < -0.4 is 21.0 Å². The number of aromatic amines is 2. The molecule has 33 heavy (non-hydrogen) atoms. The number of sulfonamides is 1. The zero-order chi connectivity index (χ0) is 23.6. The highest BCUT2D eigenvalue weighted by Crippen LogP contribution is 2.23. The number of para-hydroxylation sites is 1. The molecule has 0 aliphatic heterocycles. The maximum atomic E-state index is 12.9. The molecule has 3 aromatic carbocycles. The van der Waals surface area contributed by atoms with E-state index >= 15 is 0 Å². The van der Waals surface area contributed by atoms with Gasteiger partial charge in [-0.3, -0.25) is 14.3 Å². The largest absolute Gasteiger partial charge is 0.326 e. The Morgan fingerprint density at radius 2 is 1.45 bits per heavy atom. The number of H-pyrrole nitrogens is 2. The minimum Gasteiger partial charge on any atom is -0.326 e. The van der Waals surface area contributed by atoms with Crippen LogP contribution in [-0.2, 0) is 14.8 Å². The number of anilines is 3. The quantitative estimate of drug-likeness (QED) is 0.296. The highest BCUT2D eigenvalue weighted by atomic mass is 32.2. The number of imidazole rings is 1. The van der Waals surface area contributed by atoms with Crippen LogP contribution in [-0.4, -0.2) is 30.2 Å². The van der Waals surface area contributed by atoms with Crippen LogP contribution in [0, 0.1) is 0 Å². The van der Waals surface area contributed by atoms with Crippen LogP contribution in [0.3, 0.4) is 0 Å². The van der Waals surface area contributed by atoms with Gasteiger partial charge in [-0.2, -0.15) is 0 Å². The van der Waals surface area contributed by atoms with Crippen molar-refractivity contribution in [2.45, 2.75) is 11.8 Å². The number of nitrogens with one attached hydrogen (secondary N) is 5. The van der Waals surface area contributed by atoms with Crippen molar-refractivity contribution in [3.8, 4) is 0 Å². The van der Waals surface area contributed by atoms with Crippen molar-refractivity contribution in [1.29, 1.82) is 0 Å². The summed E-state index contributed by atoms with van der Waals surface area (Å²) < 4.78 is 28.3. The molecule has 0 spiro atoms. The van der Waals surface area contributed by atoms with Gasteiger partial charge in [0.15, 0.2) is 0 Å². The number of hydrogen-bond acceptors (Lipinski definition) is 5. The molecule has 0 saturated heterocycles. The Hall–Kier alpha value is -4.38. The smallest absolute Gasteiger partial charge is 0.323 e. The first-order valence-corrected chi connectivity index (χ1v) is 11.2. The molecule has 168 valence electrons. The van der Waals surface area contributed by atoms with E-state index in [0.29, 0.717) is 22.4 Å². The lowest BCUT2D eigenvalue weighted by Gasteiger charge is -2.13. The topological polar surface area (TPSA) is 153 Å². The Balaban J connectivity index is 1.56. The van der Waals surface area contributed by atoms with Crippen molar-refractivity contribution < 1.29 is 18.0 Å². The van der Waals surface area contributed by atoms with Gasteiger partial charge >= 0.3 is 5.69 Å². The Labute approximate surface area is 188 Å². The lowest BCUT2D eigenvalue weighted by atomic mass is 10.1. The van der Waals surface area contributed by atoms with Crippen molar-refractivity contribution in [3.05, 3.63) is 82.8 Å². The second kappa shape index (κ2) is 8.63. The van der Waals surface area contributed by atoms with Gasteiger partial charge in [-0.15, -0.1) is 0 Å². The fourth-order valence-electron chi connectivity index (χ4n) is 3.19. The summed E-state index contributed by atoms with van der Waals surface area (Å²) in [4.78, 5) is 40.4. The van der Waals surface area contributed by atoms with E-state index in [4.69, 9.17) is 0 Å². The molecule has 2 amide bonds. The monoisotopic (exact) mass is 465 g/mol. The van der Waals surface area contributed by atoms with Crippen LogP contribution >= 0.6 is 0 Å². The predicted molar refractivity (Wildman–Crippen MR) is 125 cm³/mol. The number of carbonyl (C=O) groups excluding carboxylic acids is 2. The minimum absolute atomic E-state index is 0.0750. The van der Waals surface area contributed by atoms with E-state index in [0.717, 1.165) is 0 Å². The van der Waals surface area contributed by atoms with Crippen LogP contribution in [0.4, 0.5) is 17.1 Å². The standard InChI is InChI=1S/C22H19N5O5S/c1-13(28)23-14-6-8-15(9-7-14)24-21(29)17-4-2-3-5-18(17)27-33(31,32)16-10-11-19-20(12-16)26-22(30)25-19/h2-12,27H,1H3,(H,23,28)(H,24,29)(H2,25,26,30). The molecule has 0 unspecified atom stereocenters. The zero-order valence-corrected chi connectivity index (χ0v) is 18.1. The number of benzene rings is 3. The summed E-state index contributed by atoms with van der Waals surface area (Å²) in [6.45, 7) is 1.39. The number of carbonyl (C=O) groups is 2. The number of rotatable bonds is 6. The van der Waals surface area contributed by atoms with Crippen molar-refractivity contribution in [1.82, 2.24) is 9.97 Å². The minimum atomic E-state index is -4.05. The van der Waals surface area contributed by atoms with Crippen molar-refractivity contribution >= 4 is 49.9 Å². The number of fused-ring (bicyclic) bond motifs is 1.